The number of nitrogens with zero attached hydrogens (tertiary/aromatic N) is 2. The topological polar surface area (TPSA) is 37.3 Å². The van der Waals surface area contributed by atoms with E-state index >= 15 is 0 Å². The first-order chi connectivity index (χ1) is 4.83. The molecule has 0 aliphatic heterocycles. The number of hydrogen-bond acceptors (Lipinski definition) is 4. The molecule has 0 amide bonds. The van der Waals surface area contributed by atoms with E-state index in [-0.39, 0.29) is 5.13 Å². The molecule has 5 heteroatoms. The predicted molar refractivity (Wildman–Crippen MR) is 38.5 cm³/mol. The molecule has 0 bridgehead atoms. The van der Waals surface area contributed by atoms with E-state index in [0.717, 1.165) is 11.3 Å². The van der Waals surface area contributed by atoms with E-state index < -0.39 is 0 Å². The SMILES string of the molecule is C=NNCc1ncc(F)s1. The van der Waals surface area contributed by atoms with Crippen molar-refractivity contribution in [2.45, 2.75) is 6.54 Å². The summed E-state index contributed by atoms with van der Waals surface area (Å²) in [5.74, 6) is 0. The van der Waals surface area contributed by atoms with Crippen molar-refractivity contribution in [1.29, 1.82) is 0 Å². The van der Waals surface area contributed by atoms with Crippen molar-refractivity contribution in [3.8, 4) is 0 Å². The fourth-order valence-electron chi connectivity index (χ4n) is 0.493. The van der Waals surface area contributed by atoms with E-state index in [9.17, 15) is 4.39 Å². The lowest BCUT2D eigenvalue weighted by Gasteiger charge is -1.91. The lowest BCUT2D eigenvalue weighted by Crippen LogP contribution is -2.02. The predicted octanol–water partition coefficient (Wildman–Crippen LogP) is 0.987. The van der Waals surface area contributed by atoms with Crippen LogP contribution in [-0.4, -0.2) is 11.7 Å². The molecule has 10 heavy (non-hydrogen) atoms. The molecule has 0 unspecified atom stereocenters. The normalized spacial score (nSPS) is 9.30. The minimum Gasteiger partial charge on any atom is -0.304 e. The molecule has 0 atom stereocenters. The summed E-state index contributed by atoms with van der Waals surface area (Å²) in [6, 6.07) is 0. The monoisotopic (exact) mass is 159 g/mol. The average molecular weight is 159 g/mol. The molecule has 0 aromatic carbocycles. The van der Waals surface area contributed by atoms with Gasteiger partial charge in [-0.25, -0.2) is 4.98 Å². The summed E-state index contributed by atoms with van der Waals surface area (Å²) < 4.78 is 12.2. The van der Waals surface area contributed by atoms with Gasteiger partial charge in [0, 0.05) is 6.72 Å². The van der Waals surface area contributed by atoms with E-state index in [2.05, 4.69) is 22.2 Å². The smallest absolute Gasteiger partial charge is 0.196 e. The van der Waals surface area contributed by atoms with Crippen LogP contribution in [0.15, 0.2) is 11.3 Å². The van der Waals surface area contributed by atoms with E-state index in [1.54, 1.807) is 0 Å². The van der Waals surface area contributed by atoms with Crippen LogP contribution in [0.1, 0.15) is 5.01 Å². The maximum atomic E-state index is 12.2. The zero-order valence-electron chi connectivity index (χ0n) is 5.17. The van der Waals surface area contributed by atoms with Gasteiger partial charge in [0.1, 0.15) is 5.01 Å². The standard InChI is InChI=1S/C5H6FN3S/c1-7-9-3-5-8-2-4(6)10-5/h2,9H,1,3H2. The Morgan fingerprint density at radius 2 is 2.70 bits per heavy atom. The van der Waals surface area contributed by atoms with Gasteiger partial charge in [-0.1, -0.05) is 11.3 Å². The maximum absolute atomic E-state index is 12.2. The number of hydrogen-bond donors (Lipinski definition) is 1. The number of aromatic nitrogens is 1. The van der Waals surface area contributed by atoms with Gasteiger partial charge in [-0.3, -0.25) is 0 Å². The maximum Gasteiger partial charge on any atom is 0.196 e. The van der Waals surface area contributed by atoms with Crippen LogP contribution in [0.2, 0.25) is 0 Å². The van der Waals surface area contributed by atoms with Crippen molar-refractivity contribution in [2.24, 2.45) is 5.10 Å². The molecule has 0 saturated carbocycles. The summed E-state index contributed by atoms with van der Waals surface area (Å²) >= 11 is 1.000. The summed E-state index contributed by atoms with van der Waals surface area (Å²) in [5, 5.41) is 3.78. The summed E-state index contributed by atoms with van der Waals surface area (Å²) in [6.45, 7) is 3.65. The van der Waals surface area contributed by atoms with Crippen LogP contribution < -0.4 is 5.43 Å². The van der Waals surface area contributed by atoms with E-state index in [1.165, 1.54) is 6.20 Å². The Morgan fingerprint density at radius 3 is 3.20 bits per heavy atom. The van der Waals surface area contributed by atoms with Gasteiger partial charge in [-0.05, 0) is 0 Å². The van der Waals surface area contributed by atoms with E-state index in [0.29, 0.717) is 11.6 Å². The van der Waals surface area contributed by atoms with Gasteiger partial charge in [-0.2, -0.15) is 9.49 Å². The zero-order chi connectivity index (χ0) is 7.40. The Balaban J connectivity index is 2.49. The molecular formula is C5H6FN3S. The largest absolute Gasteiger partial charge is 0.304 e. The van der Waals surface area contributed by atoms with Crippen LogP contribution in [0.25, 0.3) is 0 Å². The lowest BCUT2D eigenvalue weighted by atomic mass is 10.7. The minimum absolute atomic E-state index is 0.277. The Labute approximate surface area is 61.6 Å². The molecule has 1 rings (SSSR count). The second-order valence-electron chi connectivity index (χ2n) is 1.55. The van der Waals surface area contributed by atoms with Gasteiger partial charge in [0.05, 0.1) is 12.7 Å². The first-order valence-electron chi connectivity index (χ1n) is 2.61. The Morgan fingerprint density at radius 1 is 1.90 bits per heavy atom. The number of rotatable bonds is 3. The highest BCUT2D eigenvalue weighted by molar-refractivity contribution is 7.09. The molecule has 0 saturated heterocycles. The summed E-state index contributed by atoms with van der Waals surface area (Å²) in [5.41, 5.74) is 2.57. The van der Waals surface area contributed by atoms with Gasteiger partial charge in [0.25, 0.3) is 0 Å². The molecule has 3 nitrogen and oxygen atoms in total. The van der Waals surface area contributed by atoms with Crippen molar-refractivity contribution in [1.82, 2.24) is 10.4 Å². The zero-order valence-corrected chi connectivity index (χ0v) is 5.99. The first kappa shape index (κ1) is 7.14. The molecule has 1 aromatic rings. The van der Waals surface area contributed by atoms with E-state index in [4.69, 9.17) is 0 Å². The van der Waals surface area contributed by atoms with E-state index in [1.807, 2.05) is 0 Å². The van der Waals surface area contributed by atoms with Crippen LogP contribution in [-0.2, 0) is 6.54 Å². The van der Waals surface area contributed by atoms with Crippen LogP contribution in [0, 0.1) is 5.13 Å². The fraction of sp³-hybridized carbons (Fsp3) is 0.200. The van der Waals surface area contributed by atoms with Gasteiger partial charge < -0.3 is 5.43 Å². The van der Waals surface area contributed by atoms with Crippen molar-refractivity contribution in [3.05, 3.63) is 16.3 Å². The van der Waals surface area contributed by atoms with Gasteiger partial charge in [0.2, 0.25) is 0 Å². The molecule has 54 valence electrons. The molecule has 0 aliphatic carbocycles. The number of thiazole rings is 1. The number of hydrazone groups is 1. The minimum atomic E-state index is -0.277. The highest BCUT2D eigenvalue weighted by atomic mass is 32.1. The number of halogens is 1. The fourth-order valence-corrected chi connectivity index (χ4v) is 1.07. The van der Waals surface area contributed by atoms with Crippen molar-refractivity contribution in [2.75, 3.05) is 0 Å². The molecule has 1 N–H and O–H groups in total. The third kappa shape index (κ3) is 1.77. The average Bonchev–Trinajstić information content (AvgIpc) is 2.31. The Bertz CT molecular complexity index is 222. The van der Waals surface area contributed by atoms with Crippen molar-refractivity contribution < 1.29 is 4.39 Å². The van der Waals surface area contributed by atoms with Crippen LogP contribution in [0.4, 0.5) is 4.39 Å². The summed E-state index contributed by atoms with van der Waals surface area (Å²) in [4.78, 5) is 3.75. The molecule has 0 fully saturated rings. The summed E-state index contributed by atoms with van der Waals surface area (Å²) in [7, 11) is 0. The Kier molecular flexibility index (Phi) is 2.33. The highest BCUT2D eigenvalue weighted by Gasteiger charge is 1.97. The van der Waals surface area contributed by atoms with Gasteiger partial charge in [0.15, 0.2) is 5.13 Å². The molecule has 1 aromatic heterocycles. The van der Waals surface area contributed by atoms with Crippen LogP contribution in [0.3, 0.4) is 0 Å². The third-order valence-corrected chi connectivity index (χ3v) is 1.65. The quantitative estimate of drug-likeness (QED) is 0.527. The lowest BCUT2D eigenvalue weighted by molar-refractivity contribution is 0.653. The first-order valence-corrected chi connectivity index (χ1v) is 3.43. The number of nitrogens with one attached hydrogen (secondary N) is 1. The second kappa shape index (κ2) is 3.26. The van der Waals surface area contributed by atoms with Crippen LogP contribution >= 0.6 is 11.3 Å². The van der Waals surface area contributed by atoms with Crippen molar-refractivity contribution >= 4 is 18.1 Å². The molecule has 1 heterocycles. The van der Waals surface area contributed by atoms with Gasteiger partial charge >= 0.3 is 0 Å². The summed E-state index contributed by atoms with van der Waals surface area (Å²) in [6.07, 6.45) is 1.19. The van der Waals surface area contributed by atoms with Crippen molar-refractivity contribution in [3.63, 3.8) is 0 Å². The van der Waals surface area contributed by atoms with Gasteiger partial charge in [-0.15, -0.1) is 0 Å². The second-order valence-corrected chi connectivity index (χ2v) is 2.62. The highest BCUT2D eigenvalue weighted by Crippen LogP contribution is 2.09. The molecular weight excluding hydrogens is 153 g/mol. The Hall–Kier alpha value is -0.970. The molecule has 0 spiro atoms. The third-order valence-electron chi connectivity index (χ3n) is 0.867. The van der Waals surface area contributed by atoms with Crippen LogP contribution in [0.5, 0.6) is 0 Å². The molecule has 0 radical (unpaired) electrons. The molecule has 0 aliphatic rings.